The molecular formula is C23H36N2O3. The maximum absolute atomic E-state index is 12.8. The second kappa shape index (κ2) is 8.73. The molecule has 0 saturated carbocycles. The Morgan fingerprint density at radius 2 is 1.82 bits per heavy atom. The highest BCUT2D eigenvalue weighted by Gasteiger charge is 2.34. The monoisotopic (exact) mass is 388 g/mol. The molecule has 5 heteroatoms. The first-order valence-electron chi connectivity index (χ1n) is 10.7. The lowest BCUT2D eigenvalue weighted by molar-refractivity contribution is 0.00356. The number of amides is 1. The van der Waals surface area contributed by atoms with Gasteiger partial charge >= 0.3 is 6.09 Å². The molecule has 0 bridgehead atoms. The van der Waals surface area contributed by atoms with Crippen LogP contribution in [-0.4, -0.2) is 54.3 Å². The lowest BCUT2D eigenvalue weighted by atomic mass is 9.90. The molecule has 0 unspecified atom stereocenters. The standard InChI is InChI=1S/C23H36N2O3/c1-17-9-10-21(25(16-17)22(26)28-23(2,3)4)18-7-6-8-20(15-18)27-19-11-13-24(5)14-12-19/h6-8,15,17,19,21H,9-14,16H2,1-5H3/t17-,21-/m0/s1. The van der Waals surface area contributed by atoms with Gasteiger partial charge in [0, 0.05) is 19.6 Å². The van der Waals surface area contributed by atoms with Crippen LogP contribution in [0.1, 0.15) is 65.0 Å². The summed E-state index contributed by atoms with van der Waals surface area (Å²) in [5, 5.41) is 0. The van der Waals surface area contributed by atoms with E-state index < -0.39 is 5.60 Å². The molecule has 0 radical (unpaired) electrons. The van der Waals surface area contributed by atoms with E-state index in [-0.39, 0.29) is 18.2 Å². The third kappa shape index (κ3) is 5.63. The maximum Gasteiger partial charge on any atom is 0.410 e. The minimum atomic E-state index is -0.485. The summed E-state index contributed by atoms with van der Waals surface area (Å²) in [6.07, 6.45) is 4.25. The molecule has 2 fully saturated rings. The Morgan fingerprint density at radius 3 is 2.50 bits per heavy atom. The van der Waals surface area contributed by atoms with Crippen molar-refractivity contribution >= 4 is 6.09 Å². The molecule has 2 atom stereocenters. The van der Waals surface area contributed by atoms with Crippen molar-refractivity contribution < 1.29 is 14.3 Å². The van der Waals surface area contributed by atoms with Crippen molar-refractivity contribution in [2.24, 2.45) is 5.92 Å². The SMILES string of the molecule is C[C@H]1CC[C@@H](c2cccc(OC3CCN(C)CC3)c2)N(C(=O)OC(C)(C)C)C1. The largest absolute Gasteiger partial charge is 0.490 e. The highest BCUT2D eigenvalue weighted by molar-refractivity contribution is 5.69. The van der Waals surface area contributed by atoms with E-state index >= 15 is 0 Å². The number of nitrogens with zero attached hydrogens (tertiary/aromatic N) is 2. The highest BCUT2D eigenvalue weighted by atomic mass is 16.6. The molecule has 0 spiro atoms. The highest BCUT2D eigenvalue weighted by Crippen LogP contribution is 2.36. The van der Waals surface area contributed by atoms with Crippen LogP contribution in [-0.2, 0) is 4.74 Å². The molecule has 2 aliphatic heterocycles. The van der Waals surface area contributed by atoms with Crippen LogP contribution in [0.5, 0.6) is 5.75 Å². The number of rotatable bonds is 3. The Morgan fingerprint density at radius 1 is 1.11 bits per heavy atom. The number of ether oxygens (including phenoxy) is 2. The third-order valence-corrected chi connectivity index (χ3v) is 5.66. The first-order valence-corrected chi connectivity index (χ1v) is 10.7. The molecule has 1 aromatic rings. The van der Waals surface area contributed by atoms with Gasteiger partial charge in [0.15, 0.2) is 0 Å². The molecule has 156 valence electrons. The van der Waals surface area contributed by atoms with E-state index in [2.05, 4.69) is 31.0 Å². The first-order chi connectivity index (χ1) is 13.2. The van der Waals surface area contributed by atoms with Crippen LogP contribution in [0.15, 0.2) is 24.3 Å². The van der Waals surface area contributed by atoms with Crippen molar-refractivity contribution in [1.82, 2.24) is 9.80 Å². The van der Waals surface area contributed by atoms with E-state index in [4.69, 9.17) is 9.47 Å². The summed E-state index contributed by atoms with van der Waals surface area (Å²) in [6.45, 7) is 10.9. The molecular weight excluding hydrogens is 352 g/mol. The quantitative estimate of drug-likeness (QED) is 0.741. The Hall–Kier alpha value is -1.75. The van der Waals surface area contributed by atoms with Crippen molar-refractivity contribution in [1.29, 1.82) is 0 Å². The van der Waals surface area contributed by atoms with Crippen molar-refractivity contribution in [3.63, 3.8) is 0 Å². The van der Waals surface area contributed by atoms with Crippen molar-refractivity contribution in [3.8, 4) is 5.75 Å². The lowest BCUT2D eigenvalue weighted by Crippen LogP contribution is -2.44. The number of hydrogen-bond donors (Lipinski definition) is 0. The molecule has 2 saturated heterocycles. The number of piperidine rings is 2. The summed E-state index contributed by atoms with van der Waals surface area (Å²) in [5.41, 5.74) is 0.657. The number of hydrogen-bond acceptors (Lipinski definition) is 4. The Bertz CT molecular complexity index is 662. The van der Waals surface area contributed by atoms with E-state index in [1.54, 1.807) is 0 Å². The summed E-state index contributed by atoms with van der Waals surface area (Å²) < 4.78 is 12.0. The zero-order chi connectivity index (χ0) is 20.3. The van der Waals surface area contributed by atoms with Crippen molar-refractivity contribution in [3.05, 3.63) is 29.8 Å². The fourth-order valence-corrected chi connectivity index (χ4v) is 4.11. The van der Waals surface area contributed by atoms with Gasteiger partial charge in [0.2, 0.25) is 0 Å². The van der Waals surface area contributed by atoms with Gasteiger partial charge in [-0.3, -0.25) is 0 Å². The molecule has 1 amide bonds. The number of carbonyl (C=O) groups excluding carboxylic acids is 1. The van der Waals surface area contributed by atoms with Gasteiger partial charge in [0.05, 0.1) is 6.04 Å². The van der Waals surface area contributed by atoms with E-state index in [9.17, 15) is 4.79 Å². The summed E-state index contributed by atoms with van der Waals surface area (Å²) in [4.78, 5) is 17.1. The summed E-state index contributed by atoms with van der Waals surface area (Å²) in [6, 6.07) is 8.36. The molecule has 2 aliphatic rings. The summed E-state index contributed by atoms with van der Waals surface area (Å²) in [5.74, 6) is 1.40. The topological polar surface area (TPSA) is 42.0 Å². The van der Waals surface area contributed by atoms with Crippen LogP contribution in [0, 0.1) is 5.92 Å². The summed E-state index contributed by atoms with van der Waals surface area (Å²) >= 11 is 0. The molecule has 28 heavy (non-hydrogen) atoms. The lowest BCUT2D eigenvalue weighted by Gasteiger charge is -2.39. The second-order valence-corrected chi connectivity index (χ2v) is 9.52. The van der Waals surface area contributed by atoms with E-state index in [0.717, 1.165) is 56.6 Å². The van der Waals surface area contributed by atoms with Crippen molar-refractivity contribution in [2.75, 3.05) is 26.7 Å². The Labute approximate surface area is 170 Å². The van der Waals surface area contributed by atoms with Gasteiger partial charge in [0.1, 0.15) is 17.5 Å². The van der Waals surface area contributed by atoms with Crippen LogP contribution in [0.3, 0.4) is 0 Å². The van der Waals surface area contributed by atoms with Gasteiger partial charge in [-0.05, 0) is 77.1 Å². The van der Waals surface area contributed by atoms with Crippen LogP contribution in [0.4, 0.5) is 4.79 Å². The predicted molar refractivity (Wildman–Crippen MR) is 112 cm³/mol. The molecule has 3 rings (SSSR count). The Balaban J connectivity index is 1.73. The molecule has 1 aromatic carbocycles. The normalized spacial score (nSPS) is 24.8. The first kappa shape index (κ1) is 21.0. The second-order valence-electron chi connectivity index (χ2n) is 9.52. The minimum absolute atomic E-state index is 0.0482. The molecule has 0 N–H and O–H groups in total. The minimum Gasteiger partial charge on any atom is -0.490 e. The molecule has 2 heterocycles. The fourth-order valence-electron chi connectivity index (χ4n) is 4.11. The smallest absolute Gasteiger partial charge is 0.410 e. The van der Waals surface area contributed by atoms with Gasteiger partial charge < -0.3 is 19.3 Å². The number of benzene rings is 1. The van der Waals surface area contributed by atoms with Gasteiger partial charge in [-0.1, -0.05) is 19.1 Å². The zero-order valence-corrected chi connectivity index (χ0v) is 18.1. The predicted octanol–water partition coefficient (Wildman–Crippen LogP) is 4.87. The van der Waals surface area contributed by atoms with Gasteiger partial charge in [-0.25, -0.2) is 4.79 Å². The van der Waals surface area contributed by atoms with E-state index in [1.807, 2.05) is 37.8 Å². The molecule has 0 aliphatic carbocycles. The molecule has 0 aromatic heterocycles. The van der Waals surface area contributed by atoms with E-state index in [1.165, 1.54) is 0 Å². The summed E-state index contributed by atoms with van der Waals surface area (Å²) in [7, 11) is 2.16. The van der Waals surface area contributed by atoms with Gasteiger partial charge in [-0.15, -0.1) is 0 Å². The zero-order valence-electron chi connectivity index (χ0n) is 18.1. The average Bonchev–Trinajstić information content (AvgIpc) is 2.62. The average molecular weight is 389 g/mol. The van der Waals surface area contributed by atoms with Crippen LogP contribution >= 0.6 is 0 Å². The van der Waals surface area contributed by atoms with Crippen LogP contribution in [0.2, 0.25) is 0 Å². The van der Waals surface area contributed by atoms with Crippen LogP contribution in [0.25, 0.3) is 0 Å². The van der Waals surface area contributed by atoms with E-state index in [0.29, 0.717) is 5.92 Å². The number of carbonyl (C=O) groups is 1. The maximum atomic E-state index is 12.8. The Kier molecular flexibility index (Phi) is 6.54. The molecule has 5 nitrogen and oxygen atoms in total. The number of likely N-dealkylation sites (tertiary alicyclic amines) is 2. The van der Waals surface area contributed by atoms with Gasteiger partial charge in [0.25, 0.3) is 0 Å². The fraction of sp³-hybridized carbons (Fsp3) is 0.696. The van der Waals surface area contributed by atoms with Crippen molar-refractivity contribution in [2.45, 2.75) is 71.1 Å². The van der Waals surface area contributed by atoms with Crippen LogP contribution < -0.4 is 4.74 Å². The third-order valence-electron chi connectivity index (χ3n) is 5.66. The van der Waals surface area contributed by atoms with Gasteiger partial charge in [-0.2, -0.15) is 0 Å².